The maximum atomic E-state index is 12.6. The van der Waals surface area contributed by atoms with Gasteiger partial charge in [0, 0.05) is 5.69 Å². The van der Waals surface area contributed by atoms with Crippen LogP contribution in [0.2, 0.25) is 0 Å². The van der Waals surface area contributed by atoms with Crippen molar-refractivity contribution in [2.45, 2.75) is 13.1 Å². The third-order valence-corrected chi connectivity index (χ3v) is 3.99. The molecule has 0 saturated carbocycles. The second-order valence-electron chi connectivity index (χ2n) is 4.46. The predicted octanol–water partition coefficient (Wildman–Crippen LogP) is 3.51. The Morgan fingerprint density at radius 3 is 2.57 bits per heavy atom. The monoisotopic (exact) mass is 344 g/mol. The first-order chi connectivity index (χ1) is 10.7. The van der Waals surface area contributed by atoms with E-state index in [1.807, 2.05) is 0 Å². The van der Waals surface area contributed by atoms with Crippen molar-refractivity contribution in [3.05, 3.63) is 45.4 Å². The fourth-order valence-electron chi connectivity index (χ4n) is 1.76. The number of alkyl halides is 3. The van der Waals surface area contributed by atoms with Crippen molar-refractivity contribution in [2.75, 3.05) is 12.4 Å². The van der Waals surface area contributed by atoms with Gasteiger partial charge in [-0.3, -0.25) is 4.79 Å². The Labute approximate surface area is 133 Å². The fourth-order valence-corrected chi connectivity index (χ4v) is 2.59. The van der Waals surface area contributed by atoms with Crippen LogP contribution in [0.4, 0.5) is 18.9 Å². The number of anilines is 1. The minimum atomic E-state index is -4.60. The number of nitrogens with zero attached hydrogens (tertiary/aromatic N) is 1. The molecule has 0 radical (unpaired) electrons. The van der Waals surface area contributed by atoms with E-state index >= 15 is 0 Å². The van der Waals surface area contributed by atoms with E-state index in [9.17, 15) is 22.8 Å². The van der Waals surface area contributed by atoms with Crippen LogP contribution < -0.4 is 5.32 Å². The highest BCUT2D eigenvalue weighted by Gasteiger charge is 2.36. The molecule has 23 heavy (non-hydrogen) atoms. The maximum absolute atomic E-state index is 12.6. The molecule has 0 fully saturated rings. The highest BCUT2D eigenvalue weighted by atomic mass is 32.1. The summed E-state index contributed by atoms with van der Waals surface area (Å²) >= 11 is 0.269. The zero-order chi connectivity index (χ0) is 17.2. The lowest BCUT2D eigenvalue weighted by Crippen LogP contribution is -2.12. The van der Waals surface area contributed by atoms with Gasteiger partial charge in [0.05, 0.1) is 18.4 Å². The van der Waals surface area contributed by atoms with Crippen LogP contribution in [0.25, 0.3) is 0 Å². The number of halogens is 3. The Kier molecular flexibility index (Phi) is 4.69. The van der Waals surface area contributed by atoms with Crippen molar-refractivity contribution < 1.29 is 27.5 Å². The van der Waals surface area contributed by atoms with E-state index in [2.05, 4.69) is 15.0 Å². The number of nitrogens with one attached hydrogen (secondary N) is 1. The smallest absolute Gasteiger partial charge is 0.443 e. The van der Waals surface area contributed by atoms with E-state index in [1.54, 1.807) is 0 Å². The van der Waals surface area contributed by atoms with Crippen LogP contribution in [0, 0.1) is 6.92 Å². The summed E-state index contributed by atoms with van der Waals surface area (Å²) in [5.41, 5.74) is 0.463. The molecule has 2 aromatic rings. The van der Waals surface area contributed by atoms with Gasteiger partial charge in [0.1, 0.15) is 4.88 Å². The van der Waals surface area contributed by atoms with Crippen LogP contribution in [0.5, 0.6) is 0 Å². The summed E-state index contributed by atoms with van der Waals surface area (Å²) in [6, 6.07) is 5.87. The molecule has 0 unspecified atom stereocenters. The number of hydrogen-bond acceptors (Lipinski definition) is 5. The molecular formula is C14H11F3N2O3S. The average Bonchev–Trinajstić information content (AvgIpc) is 2.89. The first kappa shape index (κ1) is 16.9. The number of esters is 1. The van der Waals surface area contributed by atoms with Crippen LogP contribution in [-0.4, -0.2) is 24.0 Å². The first-order valence-corrected chi connectivity index (χ1v) is 7.08. The Morgan fingerprint density at radius 2 is 2.00 bits per heavy atom. The van der Waals surface area contributed by atoms with Crippen LogP contribution in [0.3, 0.4) is 0 Å². The van der Waals surface area contributed by atoms with E-state index in [4.69, 9.17) is 0 Å². The van der Waals surface area contributed by atoms with Gasteiger partial charge in [-0.1, -0.05) is 6.07 Å². The lowest BCUT2D eigenvalue weighted by molar-refractivity contribution is -0.137. The van der Waals surface area contributed by atoms with Crippen LogP contribution in [0.15, 0.2) is 24.3 Å². The van der Waals surface area contributed by atoms with Crippen LogP contribution >= 0.6 is 11.3 Å². The highest BCUT2D eigenvalue weighted by Crippen LogP contribution is 2.34. The van der Waals surface area contributed by atoms with E-state index < -0.39 is 23.1 Å². The maximum Gasteiger partial charge on any atom is 0.443 e. The number of aromatic nitrogens is 1. The van der Waals surface area contributed by atoms with Crippen LogP contribution in [-0.2, 0) is 10.9 Å². The number of ether oxygens (including phenoxy) is 1. The van der Waals surface area contributed by atoms with Gasteiger partial charge in [-0.25, -0.2) is 9.78 Å². The minimum Gasteiger partial charge on any atom is -0.465 e. The molecule has 0 aliphatic carbocycles. The van der Waals surface area contributed by atoms with Gasteiger partial charge in [-0.05, 0) is 25.1 Å². The molecule has 122 valence electrons. The Bertz CT molecular complexity index is 756. The SMILES string of the molecule is COC(=O)c1cccc(NC(=O)c2sc(C(F)(F)F)nc2C)c1. The predicted molar refractivity (Wildman–Crippen MR) is 77.6 cm³/mol. The van der Waals surface area contributed by atoms with Gasteiger partial charge in [0.25, 0.3) is 5.91 Å². The molecule has 9 heteroatoms. The molecule has 0 atom stereocenters. The van der Waals surface area contributed by atoms with Crippen molar-refractivity contribution >= 4 is 28.9 Å². The van der Waals surface area contributed by atoms with Crippen molar-refractivity contribution in [2.24, 2.45) is 0 Å². The van der Waals surface area contributed by atoms with Crippen molar-refractivity contribution in [1.82, 2.24) is 4.98 Å². The molecule has 0 bridgehead atoms. The number of aryl methyl sites for hydroxylation is 1. The van der Waals surface area contributed by atoms with Gasteiger partial charge in [0.2, 0.25) is 0 Å². The van der Waals surface area contributed by atoms with Gasteiger partial charge >= 0.3 is 12.1 Å². The number of rotatable bonds is 3. The van der Waals surface area contributed by atoms with E-state index in [-0.39, 0.29) is 33.2 Å². The quantitative estimate of drug-likeness (QED) is 0.865. The van der Waals surface area contributed by atoms with Gasteiger partial charge in [-0.2, -0.15) is 13.2 Å². The number of thiazole rings is 1. The summed E-state index contributed by atoms with van der Waals surface area (Å²) in [5, 5.41) is 1.36. The summed E-state index contributed by atoms with van der Waals surface area (Å²) in [7, 11) is 1.22. The summed E-state index contributed by atoms with van der Waals surface area (Å²) < 4.78 is 42.4. The van der Waals surface area contributed by atoms with Crippen LogP contribution in [0.1, 0.15) is 30.7 Å². The summed E-state index contributed by atoms with van der Waals surface area (Å²) in [6.45, 7) is 1.32. The minimum absolute atomic E-state index is 0.0102. The third kappa shape index (κ3) is 3.86. The Morgan fingerprint density at radius 1 is 1.30 bits per heavy atom. The fraction of sp³-hybridized carbons (Fsp3) is 0.214. The van der Waals surface area contributed by atoms with Crippen molar-refractivity contribution in [1.29, 1.82) is 0 Å². The zero-order valence-corrected chi connectivity index (χ0v) is 12.8. The summed E-state index contributed by atoms with van der Waals surface area (Å²) in [6.07, 6.45) is -4.60. The molecule has 1 aromatic heterocycles. The average molecular weight is 344 g/mol. The number of amides is 1. The summed E-state index contributed by atoms with van der Waals surface area (Å²) in [5.74, 6) is -1.31. The summed E-state index contributed by atoms with van der Waals surface area (Å²) in [4.78, 5) is 26.7. The number of carbonyl (C=O) groups excluding carboxylic acids is 2. The normalized spacial score (nSPS) is 11.2. The number of carbonyl (C=O) groups is 2. The Hall–Kier alpha value is -2.42. The molecule has 1 aromatic carbocycles. The lowest BCUT2D eigenvalue weighted by Gasteiger charge is -2.06. The van der Waals surface area contributed by atoms with Gasteiger partial charge in [0.15, 0.2) is 5.01 Å². The topological polar surface area (TPSA) is 68.3 Å². The molecule has 1 heterocycles. The molecule has 5 nitrogen and oxygen atoms in total. The number of benzene rings is 1. The zero-order valence-electron chi connectivity index (χ0n) is 12.0. The highest BCUT2D eigenvalue weighted by molar-refractivity contribution is 7.14. The van der Waals surface area contributed by atoms with Gasteiger partial charge < -0.3 is 10.1 Å². The van der Waals surface area contributed by atoms with E-state index in [1.165, 1.54) is 38.3 Å². The largest absolute Gasteiger partial charge is 0.465 e. The molecular weight excluding hydrogens is 333 g/mol. The molecule has 1 amide bonds. The van der Waals surface area contributed by atoms with E-state index in [0.717, 1.165) is 0 Å². The standard InChI is InChI=1S/C14H11F3N2O3S/c1-7-10(23-13(18-7)14(15,16)17)11(20)19-9-5-3-4-8(6-9)12(21)22-2/h3-6H,1-2H3,(H,19,20). The number of hydrogen-bond donors (Lipinski definition) is 1. The molecule has 0 aliphatic heterocycles. The molecule has 0 saturated heterocycles. The third-order valence-electron chi connectivity index (χ3n) is 2.79. The molecule has 0 aliphatic rings. The van der Waals surface area contributed by atoms with Gasteiger partial charge in [-0.15, -0.1) is 11.3 Å². The van der Waals surface area contributed by atoms with Crippen molar-refractivity contribution in [3.63, 3.8) is 0 Å². The molecule has 2 rings (SSSR count). The molecule has 0 spiro atoms. The first-order valence-electron chi connectivity index (χ1n) is 6.26. The Balaban J connectivity index is 2.23. The number of methoxy groups -OCH3 is 1. The molecule has 1 N–H and O–H groups in total. The second-order valence-corrected chi connectivity index (χ2v) is 5.46. The van der Waals surface area contributed by atoms with Crippen molar-refractivity contribution in [3.8, 4) is 0 Å². The van der Waals surface area contributed by atoms with E-state index in [0.29, 0.717) is 0 Å². The second kappa shape index (κ2) is 6.37. The lowest BCUT2D eigenvalue weighted by atomic mass is 10.2.